The number of allylic oxidation sites excluding steroid dienone is 5. The molecule has 0 bridgehead atoms. The zero-order valence-electron chi connectivity index (χ0n) is 21.1. The number of aliphatic imine (C=N–C) groups is 1. The first-order chi connectivity index (χ1) is 15.9. The Hall–Kier alpha value is -2.66. The van der Waals surface area contributed by atoms with E-state index in [0.29, 0.717) is 6.54 Å². The van der Waals surface area contributed by atoms with Crippen LogP contribution in [0, 0.1) is 0 Å². The molecule has 1 aromatic rings. The molecule has 1 saturated carbocycles. The van der Waals surface area contributed by atoms with Crippen LogP contribution < -0.4 is 0 Å². The topological polar surface area (TPSA) is 45.1 Å². The van der Waals surface area contributed by atoms with Crippen LogP contribution in [0.2, 0.25) is 0 Å². The molecule has 1 aliphatic carbocycles. The maximum atomic E-state index is 13.1. The highest BCUT2D eigenvalue weighted by molar-refractivity contribution is 6.12. The normalized spacial score (nSPS) is 21.9. The molecule has 0 aromatic heterocycles. The van der Waals surface area contributed by atoms with Gasteiger partial charge in [0.2, 0.25) is 0 Å². The number of benzene rings is 1. The standard InChI is InChI=1S/C28H39N3O2/c1-7-9-17-29-22(4)26(25(8-2)24-13-11-10-12-14-24)23(5)30-18-19-31(21(3)20-30)27(32)28(33-6)15-16-28/h8-14,17,21H,7,15-16,18-20H2,1-6H3/b17-9+,25-8-,26-23-,29-22+. The number of methoxy groups -OCH3 is 1. The second-order valence-electron chi connectivity index (χ2n) is 9.03. The molecule has 178 valence electrons. The van der Waals surface area contributed by atoms with Crippen molar-refractivity contribution in [1.29, 1.82) is 0 Å². The minimum absolute atomic E-state index is 0.123. The second-order valence-corrected chi connectivity index (χ2v) is 9.03. The monoisotopic (exact) mass is 449 g/mol. The minimum Gasteiger partial charge on any atom is -0.371 e. The fourth-order valence-corrected chi connectivity index (χ4v) is 4.66. The summed E-state index contributed by atoms with van der Waals surface area (Å²) < 4.78 is 5.55. The molecule has 0 N–H and O–H groups in total. The quantitative estimate of drug-likeness (QED) is 0.391. The first-order valence-corrected chi connectivity index (χ1v) is 12.1. The van der Waals surface area contributed by atoms with Gasteiger partial charge in [0.15, 0.2) is 0 Å². The van der Waals surface area contributed by atoms with Gasteiger partial charge in [-0.3, -0.25) is 9.79 Å². The summed E-state index contributed by atoms with van der Waals surface area (Å²) in [6.07, 6.45) is 8.78. The van der Waals surface area contributed by atoms with E-state index in [1.54, 1.807) is 7.11 Å². The highest BCUT2D eigenvalue weighted by Crippen LogP contribution is 2.41. The molecular formula is C28H39N3O2. The van der Waals surface area contributed by atoms with Crippen molar-refractivity contribution >= 4 is 17.2 Å². The molecule has 1 atom stereocenters. The number of amides is 1. The Morgan fingerprint density at radius 2 is 1.91 bits per heavy atom. The van der Waals surface area contributed by atoms with Crippen molar-refractivity contribution in [2.24, 2.45) is 4.99 Å². The Kier molecular flexibility index (Phi) is 8.30. The summed E-state index contributed by atoms with van der Waals surface area (Å²) in [7, 11) is 1.66. The predicted octanol–water partition coefficient (Wildman–Crippen LogP) is 5.46. The summed E-state index contributed by atoms with van der Waals surface area (Å²) in [6, 6.07) is 10.6. The van der Waals surface area contributed by atoms with Crippen LogP contribution in [0.1, 0.15) is 59.4 Å². The molecule has 1 heterocycles. The van der Waals surface area contributed by atoms with E-state index in [9.17, 15) is 4.79 Å². The third-order valence-electron chi connectivity index (χ3n) is 6.82. The van der Waals surface area contributed by atoms with E-state index in [1.165, 1.54) is 16.8 Å². The summed E-state index contributed by atoms with van der Waals surface area (Å²) in [5, 5.41) is 0. The fraction of sp³-hybridized carbons (Fsp3) is 0.500. The predicted molar refractivity (Wildman–Crippen MR) is 137 cm³/mol. The van der Waals surface area contributed by atoms with Crippen molar-refractivity contribution in [1.82, 2.24) is 9.80 Å². The number of ether oxygens (including phenoxy) is 1. The first-order valence-electron chi connectivity index (χ1n) is 12.1. The number of carbonyl (C=O) groups is 1. The zero-order valence-corrected chi connectivity index (χ0v) is 21.1. The molecule has 3 rings (SSSR count). The van der Waals surface area contributed by atoms with Crippen LogP contribution in [0.3, 0.4) is 0 Å². The van der Waals surface area contributed by atoms with Crippen LogP contribution in [-0.4, -0.2) is 59.8 Å². The Bertz CT molecular complexity index is 955. The maximum absolute atomic E-state index is 13.1. The lowest BCUT2D eigenvalue weighted by Crippen LogP contribution is -2.56. The van der Waals surface area contributed by atoms with Gasteiger partial charge < -0.3 is 14.5 Å². The lowest BCUT2D eigenvalue weighted by atomic mass is 9.92. The van der Waals surface area contributed by atoms with Gasteiger partial charge in [-0.1, -0.05) is 49.4 Å². The van der Waals surface area contributed by atoms with Crippen LogP contribution in [0.25, 0.3) is 5.57 Å². The number of hydrogen-bond donors (Lipinski definition) is 0. The molecule has 0 radical (unpaired) electrons. The summed E-state index contributed by atoms with van der Waals surface area (Å²) in [5.41, 5.74) is 5.16. The fourth-order valence-electron chi connectivity index (χ4n) is 4.66. The van der Waals surface area contributed by atoms with E-state index in [2.05, 4.69) is 75.9 Å². The van der Waals surface area contributed by atoms with Gasteiger partial charge in [-0.15, -0.1) is 0 Å². The average Bonchev–Trinajstić information content (AvgIpc) is 3.63. The van der Waals surface area contributed by atoms with Gasteiger partial charge in [-0.2, -0.15) is 0 Å². The van der Waals surface area contributed by atoms with Gasteiger partial charge in [0.25, 0.3) is 5.91 Å². The third-order valence-corrected chi connectivity index (χ3v) is 6.82. The molecule has 1 saturated heterocycles. The Balaban J connectivity index is 1.93. The van der Waals surface area contributed by atoms with E-state index >= 15 is 0 Å². The highest BCUT2D eigenvalue weighted by atomic mass is 16.5. The van der Waals surface area contributed by atoms with E-state index in [4.69, 9.17) is 9.73 Å². The Morgan fingerprint density at radius 3 is 2.45 bits per heavy atom. The molecule has 2 aliphatic rings. The zero-order chi connectivity index (χ0) is 24.0. The summed E-state index contributed by atoms with van der Waals surface area (Å²) in [6.45, 7) is 12.9. The maximum Gasteiger partial charge on any atom is 0.255 e. The number of nitrogens with zero attached hydrogens (tertiary/aromatic N) is 3. The number of carbonyl (C=O) groups excluding carboxylic acids is 1. The number of hydrogen-bond acceptors (Lipinski definition) is 4. The molecular weight excluding hydrogens is 410 g/mol. The molecule has 1 aliphatic heterocycles. The largest absolute Gasteiger partial charge is 0.371 e. The Morgan fingerprint density at radius 1 is 1.21 bits per heavy atom. The van der Waals surface area contributed by atoms with Gasteiger partial charge in [0.05, 0.1) is 0 Å². The molecule has 1 unspecified atom stereocenters. The number of piperazine rings is 1. The van der Waals surface area contributed by atoms with E-state index in [-0.39, 0.29) is 11.9 Å². The molecule has 5 nitrogen and oxygen atoms in total. The minimum atomic E-state index is -0.563. The number of rotatable bonds is 8. The first kappa shape index (κ1) is 25.0. The van der Waals surface area contributed by atoms with E-state index in [1.807, 2.05) is 17.2 Å². The molecule has 1 aromatic carbocycles. The SMILES string of the molecule is C\C=C(C(/C(C)=N/C=C/CC)=C(/C)N1CCN(C(=O)C2(OC)CC2)C(C)C1)\c1ccccc1. The third kappa shape index (κ3) is 5.47. The van der Waals surface area contributed by atoms with Gasteiger partial charge in [-0.25, -0.2) is 0 Å². The van der Waals surface area contributed by atoms with Crippen molar-refractivity contribution in [3.8, 4) is 0 Å². The molecule has 33 heavy (non-hydrogen) atoms. The van der Waals surface area contributed by atoms with Crippen molar-refractivity contribution in [2.45, 2.75) is 65.5 Å². The van der Waals surface area contributed by atoms with Gasteiger partial charge in [-0.05, 0) is 58.1 Å². The molecule has 1 amide bonds. The summed E-state index contributed by atoms with van der Waals surface area (Å²) in [5.74, 6) is 0.153. The lowest BCUT2D eigenvalue weighted by molar-refractivity contribution is -0.148. The van der Waals surface area contributed by atoms with Gasteiger partial charge >= 0.3 is 0 Å². The van der Waals surface area contributed by atoms with Crippen LogP contribution in [-0.2, 0) is 9.53 Å². The van der Waals surface area contributed by atoms with Gasteiger partial charge in [0.1, 0.15) is 5.60 Å². The van der Waals surface area contributed by atoms with E-state index in [0.717, 1.165) is 43.6 Å². The smallest absolute Gasteiger partial charge is 0.255 e. The van der Waals surface area contributed by atoms with Crippen molar-refractivity contribution in [2.75, 3.05) is 26.7 Å². The molecule has 0 spiro atoms. The van der Waals surface area contributed by atoms with Crippen molar-refractivity contribution < 1.29 is 9.53 Å². The van der Waals surface area contributed by atoms with Crippen molar-refractivity contribution in [3.05, 3.63) is 65.5 Å². The van der Waals surface area contributed by atoms with Crippen molar-refractivity contribution in [3.63, 3.8) is 0 Å². The molecule has 5 heteroatoms. The summed E-state index contributed by atoms with van der Waals surface area (Å²) in [4.78, 5) is 22.3. The summed E-state index contributed by atoms with van der Waals surface area (Å²) >= 11 is 0. The van der Waals surface area contributed by atoms with Crippen LogP contribution in [0.15, 0.2) is 64.9 Å². The molecule has 2 fully saturated rings. The second kappa shape index (κ2) is 11.0. The highest BCUT2D eigenvalue weighted by Gasteiger charge is 2.53. The average molecular weight is 450 g/mol. The van der Waals surface area contributed by atoms with Crippen LogP contribution in [0.4, 0.5) is 0 Å². The van der Waals surface area contributed by atoms with Crippen LogP contribution in [0.5, 0.6) is 0 Å². The van der Waals surface area contributed by atoms with Crippen LogP contribution >= 0.6 is 0 Å². The lowest BCUT2D eigenvalue weighted by Gasteiger charge is -2.43. The van der Waals surface area contributed by atoms with Gasteiger partial charge in [0, 0.05) is 56.0 Å². The Labute approximate surface area is 199 Å². The van der Waals surface area contributed by atoms with E-state index < -0.39 is 5.60 Å².